The van der Waals surface area contributed by atoms with Gasteiger partial charge in [0.25, 0.3) is 0 Å². The van der Waals surface area contributed by atoms with Crippen LogP contribution in [0.2, 0.25) is 0 Å². The van der Waals surface area contributed by atoms with E-state index >= 15 is 0 Å². The lowest BCUT2D eigenvalue weighted by atomic mass is 9.88. The number of phenols is 1. The second-order valence-electron chi connectivity index (χ2n) is 8.28. The van der Waals surface area contributed by atoms with E-state index in [1.54, 1.807) is 12.3 Å². The van der Waals surface area contributed by atoms with Gasteiger partial charge in [-0.25, -0.2) is 0 Å². The van der Waals surface area contributed by atoms with Crippen LogP contribution in [0.3, 0.4) is 0 Å². The molecule has 1 atom stereocenters. The summed E-state index contributed by atoms with van der Waals surface area (Å²) in [5.74, 6) is 1.46. The third kappa shape index (κ3) is 4.25. The van der Waals surface area contributed by atoms with Gasteiger partial charge in [0.05, 0.1) is 5.60 Å². The lowest BCUT2D eigenvalue weighted by Gasteiger charge is -2.37. The van der Waals surface area contributed by atoms with Gasteiger partial charge in [-0.2, -0.15) is 0 Å². The Morgan fingerprint density at radius 2 is 2.15 bits per heavy atom. The number of ether oxygens (including phenoxy) is 2. The van der Waals surface area contributed by atoms with Gasteiger partial charge in [0.15, 0.2) is 11.5 Å². The van der Waals surface area contributed by atoms with Crippen LogP contribution in [-0.2, 0) is 11.3 Å². The lowest BCUT2D eigenvalue weighted by Crippen LogP contribution is -2.40. The van der Waals surface area contributed by atoms with Crippen LogP contribution < -0.4 is 4.74 Å². The maximum Gasteiger partial charge on any atom is 0.165 e. The van der Waals surface area contributed by atoms with Crippen molar-refractivity contribution in [3.63, 3.8) is 0 Å². The quantitative estimate of drug-likeness (QED) is 0.892. The minimum absolute atomic E-state index is 0.0328. The van der Waals surface area contributed by atoms with Gasteiger partial charge in [-0.1, -0.05) is 6.07 Å². The Morgan fingerprint density at radius 3 is 2.93 bits per heavy atom. The Bertz CT molecular complexity index is 792. The summed E-state index contributed by atoms with van der Waals surface area (Å²) in [6.45, 7) is 8.48. The molecule has 1 aromatic carbocycles. The Morgan fingerprint density at radius 1 is 1.26 bits per heavy atom. The maximum atomic E-state index is 10.5. The molecule has 0 unspecified atom stereocenters. The van der Waals surface area contributed by atoms with Crippen LogP contribution in [0.4, 0.5) is 0 Å². The Balaban J connectivity index is 1.55. The fourth-order valence-corrected chi connectivity index (χ4v) is 4.29. The third-order valence-electron chi connectivity index (χ3n) is 5.50. The first-order valence-electron chi connectivity index (χ1n) is 9.75. The van der Waals surface area contributed by atoms with Crippen LogP contribution in [0.25, 0.3) is 11.1 Å². The second-order valence-corrected chi connectivity index (χ2v) is 8.28. The first-order chi connectivity index (χ1) is 13.0. The van der Waals surface area contributed by atoms with Crippen LogP contribution in [-0.4, -0.2) is 46.9 Å². The molecule has 2 aliphatic heterocycles. The monoisotopic (exact) mass is 368 g/mol. The summed E-state index contributed by atoms with van der Waals surface area (Å²) >= 11 is 0. The topological polar surface area (TPSA) is 54.8 Å². The summed E-state index contributed by atoms with van der Waals surface area (Å²) in [5.41, 5.74) is 2.97. The predicted octanol–water partition coefficient (Wildman–Crippen LogP) is 3.85. The van der Waals surface area contributed by atoms with Crippen molar-refractivity contribution in [2.24, 2.45) is 5.92 Å². The number of benzene rings is 1. The summed E-state index contributed by atoms with van der Waals surface area (Å²) in [7, 11) is 0. The van der Waals surface area contributed by atoms with Gasteiger partial charge in [0.1, 0.15) is 6.61 Å². The molecule has 4 rings (SSSR count). The zero-order valence-corrected chi connectivity index (χ0v) is 16.1. The number of pyridine rings is 1. The minimum atomic E-state index is -0.0328. The number of nitrogens with zero attached hydrogens (tertiary/aromatic N) is 2. The van der Waals surface area contributed by atoms with E-state index in [1.807, 2.05) is 18.3 Å². The Kier molecular flexibility index (Phi) is 5.06. The molecule has 2 aromatic rings. The molecule has 3 heterocycles. The highest BCUT2D eigenvalue weighted by Gasteiger charge is 2.30. The van der Waals surface area contributed by atoms with E-state index in [0.717, 1.165) is 55.8 Å². The molecule has 5 nitrogen and oxygen atoms in total. The minimum Gasteiger partial charge on any atom is -0.504 e. The standard InChI is InChI=1S/C22H28N2O3/c1-22(2)12-16(5-8-27-22)14-24-7-9-26-21-19(15-24)10-18(11-20(21)25)17-4-3-6-23-13-17/h3-4,6,10-11,13,16,25H,5,7-9,12,14-15H2,1-2H3/t16-/m0/s1. The number of hydrogen-bond acceptors (Lipinski definition) is 5. The largest absolute Gasteiger partial charge is 0.504 e. The molecule has 2 aliphatic rings. The first-order valence-corrected chi connectivity index (χ1v) is 9.75. The molecule has 0 amide bonds. The number of rotatable bonds is 3. The molecule has 1 aromatic heterocycles. The molecule has 0 bridgehead atoms. The van der Waals surface area contributed by atoms with E-state index in [1.165, 1.54) is 0 Å². The average molecular weight is 368 g/mol. The fourth-order valence-electron chi connectivity index (χ4n) is 4.29. The van der Waals surface area contributed by atoms with Crippen molar-refractivity contribution < 1.29 is 14.6 Å². The van der Waals surface area contributed by atoms with Gasteiger partial charge in [0, 0.05) is 49.8 Å². The molecular formula is C22H28N2O3. The van der Waals surface area contributed by atoms with E-state index in [2.05, 4.69) is 29.8 Å². The number of hydrogen-bond donors (Lipinski definition) is 1. The zero-order chi connectivity index (χ0) is 18.9. The highest BCUT2D eigenvalue weighted by atomic mass is 16.5. The van der Waals surface area contributed by atoms with Gasteiger partial charge in [-0.3, -0.25) is 9.88 Å². The highest BCUT2D eigenvalue weighted by Crippen LogP contribution is 2.38. The molecule has 144 valence electrons. The van der Waals surface area contributed by atoms with Crippen LogP contribution in [0.15, 0.2) is 36.7 Å². The van der Waals surface area contributed by atoms with Crippen molar-refractivity contribution in [3.05, 3.63) is 42.2 Å². The average Bonchev–Trinajstić information content (AvgIpc) is 2.84. The van der Waals surface area contributed by atoms with Crippen molar-refractivity contribution >= 4 is 0 Å². The molecule has 0 radical (unpaired) electrons. The number of phenolic OH excluding ortho intramolecular Hbond substituents is 1. The zero-order valence-electron chi connectivity index (χ0n) is 16.1. The summed E-state index contributed by atoms with van der Waals surface area (Å²) in [6.07, 6.45) is 5.76. The normalized spacial score (nSPS) is 22.5. The smallest absolute Gasteiger partial charge is 0.165 e. The summed E-state index contributed by atoms with van der Waals surface area (Å²) in [4.78, 5) is 6.64. The van der Waals surface area contributed by atoms with E-state index in [4.69, 9.17) is 9.47 Å². The van der Waals surface area contributed by atoms with E-state index in [0.29, 0.717) is 18.3 Å². The molecule has 5 heteroatoms. The van der Waals surface area contributed by atoms with Crippen LogP contribution in [0.5, 0.6) is 11.5 Å². The third-order valence-corrected chi connectivity index (χ3v) is 5.50. The summed E-state index contributed by atoms with van der Waals surface area (Å²) in [5, 5.41) is 10.5. The van der Waals surface area contributed by atoms with Crippen molar-refractivity contribution in [2.75, 3.05) is 26.3 Å². The van der Waals surface area contributed by atoms with E-state index < -0.39 is 0 Å². The molecule has 1 fully saturated rings. The molecule has 27 heavy (non-hydrogen) atoms. The molecule has 0 saturated carbocycles. The molecule has 0 aliphatic carbocycles. The van der Waals surface area contributed by atoms with Gasteiger partial charge >= 0.3 is 0 Å². The fraction of sp³-hybridized carbons (Fsp3) is 0.500. The van der Waals surface area contributed by atoms with Gasteiger partial charge < -0.3 is 14.6 Å². The van der Waals surface area contributed by atoms with Crippen LogP contribution in [0.1, 0.15) is 32.3 Å². The molecule has 1 N–H and O–H groups in total. The van der Waals surface area contributed by atoms with E-state index in [-0.39, 0.29) is 11.4 Å². The number of fused-ring (bicyclic) bond motifs is 1. The predicted molar refractivity (Wildman–Crippen MR) is 105 cm³/mol. The van der Waals surface area contributed by atoms with Crippen molar-refractivity contribution in [3.8, 4) is 22.6 Å². The number of aromatic nitrogens is 1. The highest BCUT2D eigenvalue weighted by molar-refractivity contribution is 5.68. The maximum absolute atomic E-state index is 10.5. The molecule has 1 saturated heterocycles. The Labute approximate surface area is 160 Å². The second kappa shape index (κ2) is 7.49. The molecular weight excluding hydrogens is 340 g/mol. The Hall–Kier alpha value is -2.11. The lowest BCUT2D eigenvalue weighted by molar-refractivity contribution is -0.0771. The number of aromatic hydroxyl groups is 1. The van der Waals surface area contributed by atoms with Crippen LogP contribution in [0, 0.1) is 5.92 Å². The van der Waals surface area contributed by atoms with Crippen molar-refractivity contribution in [1.82, 2.24) is 9.88 Å². The van der Waals surface area contributed by atoms with E-state index in [9.17, 15) is 5.11 Å². The van der Waals surface area contributed by atoms with Gasteiger partial charge in [0.2, 0.25) is 0 Å². The van der Waals surface area contributed by atoms with Crippen molar-refractivity contribution in [1.29, 1.82) is 0 Å². The first kappa shape index (κ1) is 18.3. The summed E-state index contributed by atoms with van der Waals surface area (Å²) < 4.78 is 11.8. The van der Waals surface area contributed by atoms with Crippen molar-refractivity contribution in [2.45, 2.75) is 38.8 Å². The molecule has 0 spiro atoms. The summed E-state index contributed by atoms with van der Waals surface area (Å²) in [6, 6.07) is 7.81. The van der Waals surface area contributed by atoms with Crippen LogP contribution >= 0.6 is 0 Å². The van der Waals surface area contributed by atoms with Gasteiger partial charge in [-0.15, -0.1) is 0 Å². The van der Waals surface area contributed by atoms with Gasteiger partial charge in [-0.05, 0) is 56.4 Å². The SMILES string of the molecule is CC1(C)C[C@@H](CN2CCOc3c(O)cc(-c4cccnc4)cc3C2)CCO1.